The van der Waals surface area contributed by atoms with Crippen LogP contribution in [0.1, 0.15) is 13.3 Å². The normalized spacial score (nSPS) is 13.2. The van der Waals surface area contributed by atoms with Gasteiger partial charge in [-0.25, -0.2) is 13.1 Å². The molecule has 0 spiro atoms. The second kappa shape index (κ2) is 7.06. The van der Waals surface area contributed by atoms with Gasteiger partial charge in [0.2, 0.25) is 10.0 Å². The Balaban J connectivity index is 0.00000200. The van der Waals surface area contributed by atoms with E-state index < -0.39 is 10.0 Å². The minimum Gasteiger partial charge on any atom is -0.328 e. The van der Waals surface area contributed by atoms with Crippen molar-refractivity contribution in [2.45, 2.75) is 23.6 Å². The fraction of sp³-hybridized carbons (Fsp3) is 0.333. The van der Waals surface area contributed by atoms with Crippen LogP contribution in [-0.2, 0) is 10.0 Å². The molecule has 0 aliphatic carbocycles. The Bertz CT molecular complexity index is 684. The predicted octanol–water partition coefficient (Wildman–Crippen LogP) is 2.99. The summed E-state index contributed by atoms with van der Waals surface area (Å²) in [4.78, 5) is 0. The number of benzene rings is 1. The van der Waals surface area contributed by atoms with E-state index in [4.69, 9.17) is 17.3 Å². The molecule has 3 N–H and O–H groups in total. The Hall–Kier alpha value is -0.370. The van der Waals surface area contributed by atoms with Crippen LogP contribution in [0.4, 0.5) is 0 Å². The molecular weight excluding hydrogens is 339 g/mol. The van der Waals surface area contributed by atoms with Crippen LogP contribution in [0.5, 0.6) is 0 Å². The maximum atomic E-state index is 12.1. The predicted molar refractivity (Wildman–Crippen MR) is 87.5 cm³/mol. The molecule has 0 saturated heterocycles. The van der Waals surface area contributed by atoms with Crippen LogP contribution in [0.15, 0.2) is 28.5 Å². The van der Waals surface area contributed by atoms with E-state index in [1.807, 2.05) is 13.0 Å². The first-order valence-electron chi connectivity index (χ1n) is 5.83. The molecule has 0 radical (unpaired) electrons. The van der Waals surface area contributed by atoms with E-state index in [2.05, 4.69) is 4.72 Å². The summed E-state index contributed by atoms with van der Waals surface area (Å²) >= 11 is 7.12. The van der Waals surface area contributed by atoms with E-state index in [9.17, 15) is 8.42 Å². The van der Waals surface area contributed by atoms with E-state index in [-0.39, 0.29) is 18.4 Å². The zero-order valence-electron chi connectivity index (χ0n) is 10.8. The standard InChI is InChI=1S/C12H15ClN2O2S2.ClH/c1-8(14)4-5-15-19(16,17)12-7-9-6-10(13)2-3-11(9)18-12;/h2-3,6-8,15H,4-5,14H2,1H3;1H. The molecular formula is C12H16Cl2N2O2S2. The average Bonchev–Trinajstić information content (AvgIpc) is 2.71. The first-order valence-corrected chi connectivity index (χ1v) is 8.50. The van der Waals surface area contributed by atoms with Crippen LogP contribution in [0.25, 0.3) is 10.1 Å². The molecule has 2 rings (SSSR count). The lowest BCUT2D eigenvalue weighted by molar-refractivity contribution is 0.574. The van der Waals surface area contributed by atoms with Gasteiger partial charge in [-0.2, -0.15) is 0 Å². The highest BCUT2D eigenvalue weighted by atomic mass is 35.5. The summed E-state index contributed by atoms with van der Waals surface area (Å²) in [5.41, 5.74) is 5.59. The number of nitrogens with two attached hydrogens (primary N) is 1. The van der Waals surface area contributed by atoms with Crippen LogP contribution in [0.2, 0.25) is 5.02 Å². The lowest BCUT2D eigenvalue weighted by Crippen LogP contribution is -2.28. The van der Waals surface area contributed by atoms with Crippen LogP contribution >= 0.6 is 35.3 Å². The highest BCUT2D eigenvalue weighted by Crippen LogP contribution is 2.30. The van der Waals surface area contributed by atoms with Crippen molar-refractivity contribution in [2.75, 3.05) is 6.54 Å². The van der Waals surface area contributed by atoms with Gasteiger partial charge in [-0.3, -0.25) is 0 Å². The van der Waals surface area contributed by atoms with E-state index >= 15 is 0 Å². The Morgan fingerprint density at radius 3 is 2.75 bits per heavy atom. The zero-order chi connectivity index (χ0) is 14.0. The Morgan fingerprint density at radius 1 is 1.40 bits per heavy atom. The molecule has 8 heteroatoms. The van der Waals surface area contributed by atoms with Gasteiger partial charge >= 0.3 is 0 Å². The smallest absolute Gasteiger partial charge is 0.250 e. The van der Waals surface area contributed by atoms with Gasteiger partial charge in [0.25, 0.3) is 0 Å². The van der Waals surface area contributed by atoms with Crippen molar-refractivity contribution in [3.63, 3.8) is 0 Å². The van der Waals surface area contributed by atoms with Crippen molar-refractivity contribution in [1.82, 2.24) is 4.72 Å². The molecule has 0 bridgehead atoms. The van der Waals surface area contributed by atoms with Gasteiger partial charge < -0.3 is 5.73 Å². The largest absolute Gasteiger partial charge is 0.328 e. The Kier molecular flexibility index (Phi) is 6.25. The van der Waals surface area contributed by atoms with Crippen molar-refractivity contribution in [1.29, 1.82) is 0 Å². The number of hydrogen-bond donors (Lipinski definition) is 2. The van der Waals surface area contributed by atoms with Crippen LogP contribution in [-0.4, -0.2) is 21.0 Å². The Labute approximate surface area is 133 Å². The molecule has 1 unspecified atom stereocenters. The monoisotopic (exact) mass is 354 g/mol. The summed E-state index contributed by atoms with van der Waals surface area (Å²) < 4.78 is 27.9. The minimum atomic E-state index is -3.46. The fourth-order valence-electron chi connectivity index (χ4n) is 1.61. The molecule has 0 amide bonds. The number of thiophene rings is 1. The lowest BCUT2D eigenvalue weighted by Gasteiger charge is -2.06. The second-order valence-electron chi connectivity index (χ2n) is 4.41. The number of fused-ring (bicyclic) bond motifs is 1. The van der Waals surface area contributed by atoms with Crippen molar-refractivity contribution in [3.05, 3.63) is 29.3 Å². The number of halogens is 2. The molecule has 1 aromatic heterocycles. The van der Waals surface area contributed by atoms with Gasteiger partial charge in [0.1, 0.15) is 4.21 Å². The summed E-state index contributed by atoms with van der Waals surface area (Å²) in [6.07, 6.45) is 0.607. The molecule has 4 nitrogen and oxygen atoms in total. The van der Waals surface area contributed by atoms with Crippen molar-refractivity contribution in [3.8, 4) is 0 Å². The quantitative estimate of drug-likeness (QED) is 0.866. The molecule has 2 aromatic rings. The second-order valence-corrected chi connectivity index (χ2v) is 7.93. The molecule has 0 fully saturated rings. The first-order chi connectivity index (χ1) is 8.88. The van der Waals surface area contributed by atoms with E-state index in [0.29, 0.717) is 22.2 Å². The molecule has 0 aliphatic rings. The van der Waals surface area contributed by atoms with Gasteiger partial charge in [-0.15, -0.1) is 23.7 Å². The van der Waals surface area contributed by atoms with E-state index in [1.54, 1.807) is 18.2 Å². The number of nitrogens with one attached hydrogen (secondary N) is 1. The fourth-order valence-corrected chi connectivity index (χ4v) is 4.27. The molecule has 1 heterocycles. The maximum absolute atomic E-state index is 12.1. The van der Waals surface area contributed by atoms with Crippen LogP contribution < -0.4 is 10.5 Å². The van der Waals surface area contributed by atoms with Crippen LogP contribution in [0, 0.1) is 0 Å². The molecule has 0 aliphatic heterocycles. The number of rotatable bonds is 5. The van der Waals surface area contributed by atoms with E-state index in [1.165, 1.54) is 11.3 Å². The highest BCUT2D eigenvalue weighted by molar-refractivity contribution is 7.91. The molecule has 112 valence electrons. The first kappa shape index (κ1) is 17.7. The maximum Gasteiger partial charge on any atom is 0.250 e. The summed E-state index contributed by atoms with van der Waals surface area (Å²) in [6, 6.07) is 6.95. The van der Waals surface area contributed by atoms with E-state index in [0.717, 1.165) is 10.1 Å². The SMILES string of the molecule is CC(N)CCNS(=O)(=O)c1cc2cc(Cl)ccc2s1.Cl. The van der Waals surface area contributed by atoms with Gasteiger partial charge in [-0.05, 0) is 43.0 Å². The van der Waals surface area contributed by atoms with Crippen molar-refractivity contribution >= 4 is 55.5 Å². The average molecular weight is 355 g/mol. The minimum absolute atomic E-state index is 0. The Morgan fingerprint density at radius 2 is 2.10 bits per heavy atom. The van der Waals surface area contributed by atoms with Crippen LogP contribution in [0.3, 0.4) is 0 Å². The third-order valence-corrected chi connectivity index (χ3v) is 5.90. The molecule has 20 heavy (non-hydrogen) atoms. The lowest BCUT2D eigenvalue weighted by atomic mass is 10.3. The van der Waals surface area contributed by atoms with Gasteiger partial charge in [-0.1, -0.05) is 11.6 Å². The van der Waals surface area contributed by atoms with Gasteiger partial charge in [0, 0.05) is 22.3 Å². The van der Waals surface area contributed by atoms with Gasteiger partial charge in [0.15, 0.2) is 0 Å². The number of hydrogen-bond acceptors (Lipinski definition) is 4. The molecule has 1 atom stereocenters. The summed E-state index contributed by atoms with van der Waals surface area (Å²) in [5, 5.41) is 1.43. The van der Waals surface area contributed by atoms with Crippen molar-refractivity contribution in [2.24, 2.45) is 5.73 Å². The summed E-state index contributed by atoms with van der Waals surface area (Å²) in [5.74, 6) is 0. The van der Waals surface area contributed by atoms with Gasteiger partial charge in [0.05, 0.1) is 0 Å². The summed E-state index contributed by atoms with van der Waals surface area (Å²) in [6.45, 7) is 2.19. The molecule has 1 aromatic carbocycles. The van der Waals surface area contributed by atoms with Crippen molar-refractivity contribution < 1.29 is 8.42 Å². The third kappa shape index (κ3) is 4.31. The highest BCUT2D eigenvalue weighted by Gasteiger charge is 2.17. The topological polar surface area (TPSA) is 72.2 Å². The number of sulfonamides is 1. The zero-order valence-corrected chi connectivity index (χ0v) is 14.0. The molecule has 0 saturated carbocycles. The summed E-state index contributed by atoms with van der Waals surface area (Å²) in [7, 11) is -3.46. The third-order valence-electron chi connectivity index (χ3n) is 2.61.